The Kier molecular flexibility index (Phi) is 6.52. The topological polar surface area (TPSA) is 95.5 Å². The average molecular weight is 272 g/mol. The quantitative estimate of drug-likeness (QED) is 0.665. The van der Waals surface area contributed by atoms with Gasteiger partial charge in [0.2, 0.25) is 11.8 Å². The molecule has 0 rings (SSSR count). The third kappa shape index (κ3) is 7.43. The highest BCUT2D eigenvalue weighted by molar-refractivity contribution is 5.89. The van der Waals surface area contributed by atoms with E-state index in [0.29, 0.717) is 6.42 Å². The Hall–Kier alpha value is -1.59. The third-order valence-corrected chi connectivity index (χ3v) is 2.43. The Labute approximate surface area is 113 Å². The molecule has 0 fully saturated rings. The summed E-state index contributed by atoms with van der Waals surface area (Å²) in [6.07, 6.45) is 0.355. The number of carboxylic acid groups (broad SMARTS) is 1. The molecule has 0 aliphatic carbocycles. The summed E-state index contributed by atoms with van der Waals surface area (Å²) in [6, 6.07) is -0.918. The molecule has 0 spiro atoms. The van der Waals surface area contributed by atoms with Crippen molar-refractivity contribution in [3.63, 3.8) is 0 Å². The first-order valence-corrected chi connectivity index (χ1v) is 6.34. The highest BCUT2D eigenvalue weighted by Crippen LogP contribution is 2.12. The fourth-order valence-corrected chi connectivity index (χ4v) is 1.36. The summed E-state index contributed by atoms with van der Waals surface area (Å²) in [7, 11) is 0. The number of hydrogen-bond donors (Lipinski definition) is 3. The summed E-state index contributed by atoms with van der Waals surface area (Å²) in [6.45, 7) is 8.75. The molecule has 2 amide bonds. The average Bonchev–Trinajstić information content (AvgIpc) is 2.22. The maximum atomic E-state index is 11.6. The van der Waals surface area contributed by atoms with Crippen LogP contribution in [0.3, 0.4) is 0 Å². The minimum atomic E-state index is -1.07. The molecule has 0 heterocycles. The zero-order valence-corrected chi connectivity index (χ0v) is 12.2. The second-order valence-corrected chi connectivity index (χ2v) is 6.02. The van der Waals surface area contributed by atoms with E-state index < -0.39 is 23.3 Å². The molecule has 0 aromatic carbocycles. The van der Waals surface area contributed by atoms with Crippen molar-refractivity contribution in [2.24, 2.45) is 11.3 Å². The maximum absolute atomic E-state index is 11.6. The molecular formula is C13H24N2O4. The van der Waals surface area contributed by atoms with Gasteiger partial charge in [0.15, 0.2) is 0 Å². The number of nitrogens with one attached hydrogen (secondary N) is 2. The molecular weight excluding hydrogens is 248 g/mol. The Morgan fingerprint density at radius 2 is 1.68 bits per heavy atom. The largest absolute Gasteiger partial charge is 0.480 e. The van der Waals surface area contributed by atoms with Crippen molar-refractivity contribution < 1.29 is 19.5 Å². The summed E-state index contributed by atoms with van der Waals surface area (Å²) in [5.41, 5.74) is -0.579. The predicted molar refractivity (Wildman–Crippen MR) is 71.5 cm³/mol. The van der Waals surface area contributed by atoms with Gasteiger partial charge in [0.25, 0.3) is 0 Å². The van der Waals surface area contributed by atoms with Crippen LogP contribution in [0.1, 0.15) is 41.0 Å². The molecule has 0 saturated heterocycles. The zero-order chi connectivity index (χ0) is 15.2. The van der Waals surface area contributed by atoms with Crippen LogP contribution in [0, 0.1) is 11.3 Å². The first kappa shape index (κ1) is 17.4. The van der Waals surface area contributed by atoms with E-state index in [1.54, 1.807) is 20.8 Å². The van der Waals surface area contributed by atoms with Gasteiger partial charge < -0.3 is 15.7 Å². The molecule has 19 heavy (non-hydrogen) atoms. The van der Waals surface area contributed by atoms with Crippen molar-refractivity contribution in [3.05, 3.63) is 0 Å². The van der Waals surface area contributed by atoms with E-state index in [9.17, 15) is 14.4 Å². The Morgan fingerprint density at radius 3 is 2.05 bits per heavy atom. The number of carbonyl (C=O) groups is 3. The van der Waals surface area contributed by atoms with Crippen LogP contribution in [-0.4, -0.2) is 35.5 Å². The first-order chi connectivity index (χ1) is 8.54. The van der Waals surface area contributed by atoms with Gasteiger partial charge in [0.05, 0.1) is 6.54 Å². The number of carboxylic acids is 1. The van der Waals surface area contributed by atoms with Gasteiger partial charge in [-0.3, -0.25) is 9.59 Å². The lowest BCUT2D eigenvalue weighted by atomic mass is 9.96. The standard InChI is InChI=1S/C13H24N2O4/c1-8(2)6-9(11(17)18)15-10(16)7-14-12(19)13(3,4)5/h8-9H,6-7H2,1-5H3,(H,14,19)(H,15,16)(H,17,18)/t9-/m1/s1. The molecule has 0 aromatic heterocycles. The van der Waals surface area contributed by atoms with Crippen LogP contribution in [0.25, 0.3) is 0 Å². The lowest BCUT2D eigenvalue weighted by molar-refractivity contribution is -0.142. The molecule has 0 aromatic rings. The molecule has 0 bridgehead atoms. The predicted octanol–water partition coefficient (Wildman–Crippen LogP) is 0.764. The number of carbonyl (C=O) groups excluding carboxylic acids is 2. The van der Waals surface area contributed by atoms with Crippen LogP contribution in [0.4, 0.5) is 0 Å². The molecule has 0 radical (unpaired) electrons. The Bertz CT molecular complexity index is 345. The minimum absolute atomic E-state index is 0.158. The number of hydrogen-bond acceptors (Lipinski definition) is 3. The van der Waals surface area contributed by atoms with Crippen molar-refractivity contribution in [1.29, 1.82) is 0 Å². The fraction of sp³-hybridized carbons (Fsp3) is 0.769. The van der Waals surface area contributed by atoms with E-state index in [4.69, 9.17) is 5.11 Å². The minimum Gasteiger partial charge on any atom is -0.480 e. The smallest absolute Gasteiger partial charge is 0.326 e. The Morgan fingerprint density at radius 1 is 1.16 bits per heavy atom. The van der Waals surface area contributed by atoms with Crippen molar-refractivity contribution >= 4 is 17.8 Å². The van der Waals surface area contributed by atoms with Crippen LogP contribution < -0.4 is 10.6 Å². The van der Waals surface area contributed by atoms with E-state index in [2.05, 4.69) is 10.6 Å². The van der Waals surface area contributed by atoms with Gasteiger partial charge >= 0.3 is 5.97 Å². The van der Waals surface area contributed by atoms with Gasteiger partial charge in [-0.2, -0.15) is 0 Å². The van der Waals surface area contributed by atoms with Crippen LogP contribution in [0.2, 0.25) is 0 Å². The second-order valence-electron chi connectivity index (χ2n) is 6.02. The summed E-state index contributed by atoms with van der Waals surface area (Å²) in [5, 5.41) is 13.9. The third-order valence-electron chi connectivity index (χ3n) is 2.43. The number of aliphatic carboxylic acids is 1. The van der Waals surface area contributed by atoms with Gasteiger partial charge in [-0.1, -0.05) is 34.6 Å². The highest BCUT2D eigenvalue weighted by atomic mass is 16.4. The van der Waals surface area contributed by atoms with Crippen molar-refractivity contribution in [3.8, 4) is 0 Å². The van der Waals surface area contributed by atoms with Gasteiger partial charge in [-0.05, 0) is 12.3 Å². The van der Waals surface area contributed by atoms with E-state index in [0.717, 1.165) is 0 Å². The monoisotopic (exact) mass is 272 g/mol. The molecule has 1 atom stereocenters. The highest BCUT2D eigenvalue weighted by Gasteiger charge is 2.24. The van der Waals surface area contributed by atoms with Crippen molar-refractivity contribution in [2.45, 2.75) is 47.1 Å². The normalized spacial score (nSPS) is 12.9. The lowest BCUT2D eigenvalue weighted by Crippen LogP contribution is -2.47. The molecule has 3 N–H and O–H groups in total. The number of amides is 2. The fourth-order valence-electron chi connectivity index (χ4n) is 1.36. The number of rotatable bonds is 6. The molecule has 6 nitrogen and oxygen atoms in total. The van der Waals surface area contributed by atoms with Crippen LogP contribution >= 0.6 is 0 Å². The van der Waals surface area contributed by atoms with E-state index in [1.807, 2.05) is 13.8 Å². The van der Waals surface area contributed by atoms with Crippen LogP contribution in [0.15, 0.2) is 0 Å². The SMILES string of the molecule is CC(C)C[C@@H](NC(=O)CNC(=O)C(C)(C)C)C(=O)O. The lowest BCUT2D eigenvalue weighted by Gasteiger charge is -2.19. The summed E-state index contributed by atoms with van der Waals surface area (Å²) >= 11 is 0. The Balaban J connectivity index is 4.29. The molecule has 0 unspecified atom stereocenters. The zero-order valence-electron chi connectivity index (χ0n) is 12.2. The molecule has 0 aliphatic heterocycles. The van der Waals surface area contributed by atoms with E-state index in [-0.39, 0.29) is 18.4 Å². The van der Waals surface area contributed by atoms with E-state index in [1.165, 1.54) is 0 Å². The van der Waals surface area contributed by atoms with Crippen LogP contribution in [0.5, 0.6) is 0 Å². The van der Waals surface area contributed by atoms with Crippen molar-refractivity contribution in [2.75, 3.05) is 6.54 Å². The first-order valence-electron chi connectivity index (χ1n) is 6.34. The molecule has 0 aliphatic rings. The van der Waals surface area contributed by atoms with E-state index >= 15 is 0 Å². The molecule has 6 heteroatoms. The van der Waals surface area contributed by atoms with Crippen molar-refractivity contribution in [1.82, 2.24) is 10.6 Å². The summed E-state index contributed by atoms with van der Waals surface area (Å²) < 4.78 is 0. The second kappa shape index (κ2) is 7.11. The summed E-state index contributed by atoms with van der Waals surface area (Å²) in [4.78, 5) is 34.1. The van der Waals surface area contributed by atoms with Gasteiger partial charge in [0.1, 0.15) is 6.04 Å². The van der Waals surface area contributed by atoms with Gasteiger partial charge in [0, 0.05) is 5.41 Å². The summed E-state index contributed by atoms with van der Waals surface area (Å²) in [5.74, 6) is -1.65. The molecule has 110 valence electrons. The van der Waals surface area contributed by atoms with Crippen LogP contribution in [-0.2, 0) is 14.4 Å². The maximum Gasteiger partial charge on any atom is 0.326 e. The van der Waals surface area contributed by atoms with Gasteiger partial charge in [-0.15, -0.1) is 0 Å². The van der Waals surface area contributed by atoms with Gasteiger partial charge in [-0.25, -0.2) is 4.79 Å². The molecule has 0 saturated carbocycles.